The van der Waals surface area contributed by atoms with E-state index in [9.17, 15) is 0 Å². The molecule has 2 aliphatic carbocycles. The van der Waals surface area contributed by atoms with Crippen molar-refractivity contribution in [2.45, 2.75) is 74.1 Å². The van der Waals surface area contributed by atoms with Crippen molar-refractivity contribution in [2.24, 2.45) is 0 Å². The van der Waals surface area contributed by atoms with Crippen LogP contribution in [0.1, 0.15) is 51.4 Å². The molecule has 100 valence electrons. The maximum absolute atomic E-state index is 5.66. The van der Waals surface area contributed by atoms with Gasteiger partial charge in [-0.15, -0.1) is 0 Å². The number of rotatable bonds is 4. The lowest BCUT2D eigenvalue weighted by Gasteiger charge is -2.37. The van der Waals surface area contributed by atoms with Gasteiger partial charge in [0.2, 0.25) is 0 Å². The van der Waals surface area contributed by atoms with Crippen LogP contribution in [0, 0.1) is 0 Å². The largest absolute Gasteiger partial charge is 0.381 e. The minimum Gasteiger partial charge on any atom is -0.381 e. The molecule has 0 aromatic carbocycles. The molecule has 0 heterocycles. The zero-order valence-electron chi connectivity index (χ0n) is 11.2. The van der Waals surface area contributed by atoms with Gasteiger partial charge in [-0.1, -0.05) is 19.3 Å². The first-order chi connectivity index (χ1) is 8.33. The summed E-state index contributed by atoms with van der Waals surface area (Å²) in [6, 6.07) is 0. The van der Waals surface area contributed by atoms with E-state index in [-0.39, 0.29) is 0 Å². The predicted octanol–water partition coefficient (Wildman–Crippen LogP) is 3.63. The van der Waals surface area contributed by atoms with Crippen LogP contribution in [0.5, 0.6) is 0 Å². The fourth-order valence-electron chi connectivity index (χ4n) is 3.14. The van der Waals surface area contributed by atoms with E-state index in [0.29, 0.717) is 17.5 Å². The molecule has 2 nitrogen and oxygen atoms in total. The van der Waals surface area contributed by atoms with Crippen molar-refractivity contribution < 1.29 is 9.47 Å². The summed E-state index contributed by atoms with van der Waals surface area (Å²) < 4.78 is 11.2. The Morgan fingerprint density at radius 3 is 2.29 bits per heavy atom. The van der Waals surface area contributed by atoms with Crippen LogP contribution in [-0.2, 0) is 9.47 Å². The monoisotopic (exact) mass is 258 g/mol. The van der Waals surface area contributed by atoms with E-state index < -0.39 is 0 Å². The molecule has 2 aliphatic rings. The van der Waals surface area contributed by atoms with Gasteiger partial charge in [-0.05, 0) is 32.1 Å². The first-order valence-corrected chi connectivity index (χ1v) is 7.98. The zero-order valence-corrected chi connectivity index (χ0v) is 12.0. The Kier molecular flexibility index (Phi) is 5.64. The topological polar surface area (TPSA) is 18.5 Å². The molecule has 0 aliphatic heterocycles. The normalized spacial score (nSPS) is 36.0. The summed E-state index contributed by atoms with van der Waals surface area (Å²) in [5, 5.41) is 1.53. The summed E-state index contributed by atoms with van der Waals surface area (Å²) in [7, 11) is 3.71. The molecule has 0 N–H and O–H groups in total. The van der Waals surface area contributed by atoms with E-state index in [4.69, 9.17) is 9.47 Å². The molecule has 3 atom stereocenters. The molecule has 0 bridgehead atoms. The lowest BCUT2D eigenvalue weighted by molar-refractivity contribution is 0.00897. The van der Waals surface area contributed by atoms with Crippen LogP contribution in [0.25, 0.3) is 0 Å². The van der Waals surface area contributed by atoms with Crippen LogP contribution in [-0.4, -0.2) is 36.9 Å². The molecule has 0 amide bonds. The fraction of sp³-hybridized carbons (Fsp3) is 1.00. The quantitative estimate of drug-likeness (QED) is 0.767. The van der Waals surface area contributed by atoms with Gasteiger partial charge >= 0.3 is 0 Å². The van der Waals surface area contributed by atoms with Crippen molar-refractivity contribution in [1.29, 1.82) is 0 Å². The number of hydrogen-bond donors (Lipinski definition) is 0. The molecule has 3 heteroatoms. The standard InChI is InChI=1S/C14H26O2S/c1-15-11-8-9-13(16-2)14(10-11)17-12-6-4-3-5-7-12/h11-14H,3-10H2,1-2H3. The van der Waals surface area contributed by atoms with Gasteiger partial charge in [0, 0.05) is 24.7 Å². The number of thioether (sulfide) groups is 1. The summed E-state index contributed by atoms with van der Waals surface area (Å²) in [6.07, 6.45) is 11.5. The average Bonchev–Trinajstić information content (AvgIpc) is 2.40. The summed E-state index contributed by atoms with van der Waals surface area (Å²) in [5.41, 5.74) is 0. The Hall–Kier alpha value is 0.270. The third-order valence-corrected chi connectivity index (χ3v) is 5.94. The first-order valence-electron chi connectivity index (χ1n) is 7.04. The molecule has 2 saturated carbocycles. The first kappa shape index (κ1) is 13.7. The SMILES string of the molecule is COC1CCC(OC)C(SC2CCCCC2)C1. The second-order valence-corrected chi connectivity index (χ2v) is 6.92. The van der Waals surface area contributed by atoms with Crippen molar-refractivity contribution in [2.75, 3.05) is 14.2 Å². The van der Waals surface area contributed by atoms with Crippen LogP contribution >= 0.6 is 11.8 Å². The fourth-order valence-corrected chi connectivity index (χ4v) is 4.99. The Morgan fingerprint density at radius 2 is 1.65 bits per heavy atom. The van der Waals surface area contributed by atoms with Crippen LogP contribution in [0.3, 0.4) is 0 Å². The van der Waals surface area contributed by atoms with Crippen LogP contribution in [0.15, 0.2) is 0 Å². The highest BCUT2D eigenvalue weighted by Crippen LogP contribution is 2.38. The van der Waals surface area contributed by atoms with Crippen LogP contribution in [0.4, 0.5) is 0 Å². The van der Waals surface area contributed by atoms with Gasteiger partial charge in [-0.2, -0.15) is 11.8 Å². The average molecular weight is 258 g/mol. The summed E-state index contributed by atoms with van der Waals surface area (Å²) in [5.74, 6) is 0. The van der Waals surface area contributed by atoms with E-state index >= 15 is 0 Å². The lowest BCUT2D eigenvalue weighted by atomic mass is 9.94. The van der Waals surface area contributed by atoms with Gasteiger partial charge < -0.3 is 9.47 Å². The summed E-state index contributed by atoms with van der Waals surface area (Å²) in [6.45, 7) is 0. The highest BCUT2D eigenvalue weighted by atomic mass is 32.2. The summed E-state index contributed by atoms with van der Waals surface area (Å²) >= 11 is 2.19. The number of methoxy groups -OCH3 is 2. The Labute approximate surface area is 110 Å². The van der Waals surface area contributed by atoms with Gasteiger partial charge in [0.1, 0.15) is 0 Å². The van der Waals surface area contributed by atoms with Crippen molar-refractivity contribution in [1.82, 2.24) is 0 Å². The predicted molar refractivity (Wildman–Crippen MR) is 73.7 cm³/mol. The molecule has 0 aromatic heterocycles. The van der Waals surface area contributed by atoms with Crippen LogP contribution in [0.2, 0.25) is 0 Å². The van der Waals surface area contributed by atoms with E-state index in [2.05, 4.69) is 11.8 Å². The Morgan fingerprint density at radius 1 is 0.882 bits per heavy atom. The second-order valence-electron chi connectivity index (χ2n) is 5.38. The van der Waals surface area contributed by atoms with E-state index in [1.807, 2.05) is 14.2 Å². The minimum atomic E-state index is 0.452. The molecule has 0 spiro atoms. The van der Waals surface area contributed by atoms with Crippen molar-refractivity contribution in [3.8, 4) is 0 Å². The smallest absolute Gasteiger partial charge is 0.0691 e. The second kappa shape index (κ2) is 7.01. The molecule has 2 rings (SSSR count). The van der Waals surface area contributed by atoms with Crippen molar-refractivity contribution in [3.63, 3.8) is 0 Å². The molecule has 0 saturated heterocycles. The molecule has 17 heavy (non-hydrogen) atoms. The van der Waals surface area contributed by atoms with E-state index in [0.717, 1.165) is 11.7 Å². The van der Waals surface area contributed by atoms with E-state index in [1.165, 1.54) is 44.9 Å². The highest BCUT2D eigenvalue weighted by Gasteiger charge is 2.33. The van der Waals surface area contributed by atoms with Gasteiger partial charge in [0.25, 0.3) is 0 Å². The van der Waals surface area contributed by atoms with Gasteiger partial charge in [-0.25, -0.2) is 0 Å². The molecule has 0 radical (unpaired) electrons. The van der Waals surface area contributed by atoms with Gasteiger partial charge in [0.15, 0.2) is 0 Å². The van der Waals surface area contributed by atoms with Crippen molar-refractivity contribution in [3.05, 3.63) is 0 Å². The highest BCUT2D eigenvalue weighted by molar-refractivity contribution is 8.00. The third kappa shape index (κ3) is 3.87. The van der Waals surface area contributed by atoms with Crippen molar-refractivity contribution >= 4 is 11.8 Å². The molecule has 2 fully saturated rings. The molecular formula is C14H26O2S. The third-order valence-electron chi connectivity index (χ3n) is 4.24. The lowest BCUT2D eigenvalue weighted by Crippen LogP contribution is -2.37. The van der Waals surface area contributed by atoms with Gasteiger partial charge in [-0.3, -0.25) is 0 Å². The molecule has 3 unspecified atom stereocenters. The number of ether oxygens (including phenoxy) is 2. The zero-order chi connectivity index (χ0) is 12.1. The van der Waals surface area contributed by atoms with E-state index in [1.54, 1.807) is 0 Å². The van der Waals surface area contributed by atoms with Crippen LogP contribution < -0.4 is 0 Å². The maximum Gasteiger partial charge on any atom is 0.0691 e. The molecular weight excluding hydrogens is 232 g/mol. The summed E-state index contributed by atoms with van der Waals surface area (Å²) in [4.78, 5) is 0. The maximum atomic E-state index is 5.66. The number of hydrogen-bond acceptors (Lipinski definition) is 3. The Bertz CT molecular complexity index is 216. The Balaban J connectivity index is 1.85. The molecule has 0 aromatic rings. The minimum absolute atomic E-state index is 0.452. The van der Waals surface area contributed by atoms with Gasteiger partial charge in [0.05, 0.1) is 12.2 Å².